The van der Waals surface area contributed by atoms with Gasteiger partial charge in [-0.3, -0.25) is 10.1 Å². The summed E-state index contributed by atoms with van der Waals surface area (Å²) in [5, 5.41) is 12.9. The highest BCUT2D eigenvalue weighted by Crippen LogP contribution is 2.30. The molecule has 0 aromatic heterocycles. The fraction of sp³-hybridized carbons (Fsp3) is 0.379. The molecule has 0 radical (unpaired) electrons. The molecule has 0 N–H and O–H groups in total. The smallest absolute Gasteiger partial charge is 0.291 e. The molecule has 5 atom stereocenters. The molecule has 1 unspecified atom stereocenters. The lowest BCUT2D eigenvalue weighted by Crippen LogP contribution is -2.63. The molecule has 1 heterocycles. The average Bonchev–Trinajstić information content (AvgIpc) is 2.95. The molecule has 1 fully saturated rings. The van der Waals surface area contributed by atoms with Crippen molar-refractivity contribution in [3.05, 3.63) is 118 Å². The fourth-order valence-corrected chi connectivity index (χ4v) is 4.53. The van der Waals surface area contributed by atoms with Crippen LogP contribution in [-0.4, -0.2) is 54.1 Å². The van der Waals surface area contributed by atoms with E-state index in [9.17, 15) is 10.1 Å². The lowest BCUT2D eigenvalue weighted by molar-refractivity contribution is -0.576. The molecular weight excluding hydrogens is 554 g/mol. The van der Waals surface area contributed by atoms with Gasteiger partial charge in [-0.25, -0.2) is 0 Å². The molecule has 9 heteroatoms. The monoisotopic (exact) mass is 585 g/mol. The van der Waals surface area contributed by atoms with E-state index in [4.69, 9.17) is 23.7 Å². The largest absolute Gasteiger partial charge is 0.374 e. The summed E-state index contributed by atoms with van der Waals surface area (Å²) in [7, 11) is 0. The summed E-state index contributed by atoms with van der Waals surface area (Å²) in [6, 6.07) is 27.7. The predicted octanol–water partition coefficient (Wildman–Crippen LogP) is 5.16. The van der Waals surface area contributed by atoms with E-state index in [-0.39, 0.29) is 26.4 Å². The van der Waals surface area contributed by atoms with E-state index >= 15 is 0 Å². The van der Waals surface area contributed by atoms with Gasteiger partial charge in [0.15, 0.2) is 6.10 Å². The van der Waals surface area contributed by atoms with Gasteiger partial charge < -0.3 is 23.7 Å². The molecule has 8 nitrogen and oxygen atoms in total. The zero-order valence-corrected chi connectivity index (χ0v) is 22.6. The number of nitrogens with zero attached hydrogens (tertiary/aromatic N) is 1. The summed E-state index contributed by atoms with van der Waals surface area (Å²) in [6.45, 7) is 1.19. The number of rotatable bonds is 14. The van der Waals surface area contributed by atoms with Crippen molar-refractivity contribution in [2.45, 2.75) is 50.5 Å². The number of benzene rings is 3. The third-order valence-electron chi connectivity index (χ3n) is 6.18. The minimum atomic E-state index is -1.29. The molecule has 3 aromatic carbocycles. The lowest BCUT2D eigenvalue weighted by Gasteiger charge is -2.42. The van der Waals surface area contributed by atoms with E-state index < -0.39 is 35.6 Å². The lowest BCUT2D eigenvalue weighted by atomic mass is 9.96. The Morgan fingerprint density at radius 3 is 1.74 bits per heavy atom. The molecule has 1 aliphatic rings. The SMILES string of the molecule is O=[N+]([O-])[C@H]1C(OCCBr)O[C@H](COCc2ccccc2)[C@H](OCc2ccccc2)[C@@H]1OCc1ccccc1. The van der Waals surface area contributed by atoms with Crippen LogP contribution in [0.5, 0.6) is 0 Å². The molecule has 38 heavy (non-hydrogen) atoms. The second-order valence-corrected chi connectivity index (χ2v) is 9.69. The maximum atomic E-state index is 12.3. The number of ether oxygens (including phenoxy) is 5. The van der Waals surface area contributed by atoms with Crippen molar-refractivity contribution in [2.24, 2.45) is 0 Å². The van der Waals surface area contributed by atoms with Crippen LogP contribution >= 0.6 is 15.9 Å². The second kappa shape index (κ2) is 15.1. The summed E-state index contributed by atoms with van der Waals surface area (Å²) in [6.07, 6.45) is -3.48. The zero-order chi connectivity index (χ0) is 26.6. The van der Waals surface area contributed by atoms with Crippen LogP contribution in [0.15, 0.2) is 91.0 Å². The van der Waals surface area contributed by atoms with Crippen molar-refractivity contribution < 1.29 is 28.6 Å². The van der Waals surface area contributed by atoms with E-state index in [1.165, 1.54) is 0 Å². The first kappa shape index (κ1) is 28.4. The first-order valence-electron chi connectivity index (χ1n) is 12.5. The molecule has 0 saturated carbocycles. The van der Waals surface area contributed by atoms with Crippen LogP contribution in [0.1, 0.15) is 16.7 Å². The van der Waals surface area contributed by atoms with Crippen molar-refractivity contribution in [1.82, 2.24) is 0 Å². The summed E-state index contributed by atoms with van der Waals surface area (Å²) in [5.74, 6) is 0. The van der Waals surface area contributed by atoms with Gasteiger partial charge in [0.25, 0.3) is 6.04 Å². The van der Waals surface area contributed by atoms with Gasteiger partial charge in [-0.2, -0.15) is 0 Å². The van der Waals surface area contributed by atoms with E-state index in [2.05, 4.69) is 15.9 Å². The van der Waals surface area contributed by atoms with E-state index in [0.717, 1.165) is 16.7 Å². The third kappa shape index (κ3) is 8.17. The van der Waals surface area contributed by atoms with Crippen LogP contribution in [-0.2, 0) is 43.5 Å². The quantitative estimate of drug-likeness (QED) is 0.147. The molecule has 4 rings (SSSR count). The maximum Gasteiger partial charge on any atom is 0.291 e. The van der Waals surface area contributed by atoms with Crippen molar-refractivity contribution in [3.63, 3.8) is 0 Å². The van der Waals surface area contributed by atoms with Gasteiger partial charge in [0, 0.05) is 10.3 Å². The van der Waals surface area contributed by atoms with Crippen LogP contribution in [0.4, 0.5) is 0 Å². The Bertz CT molecular complexity index is 1090. The Hall–Kier alpha value is -2.66. The van der Waals surface area contributed by atoms with Gasteiger partial charge in [0.05, 0.1) is 33.0 Å². The zero-order valence-electron chi connectivity index (χ0n) is 21.0. The second-order valence-electron chi connectivity index (χ2n) is 8.90. The van der Waals surface area contributed by atoms with Crippen LogP contribution in [0.3, 0.4) is 0 Å². The van der Waals surface area contributed by atoms with Crippen molar-refractivity contribution in [2.75, 3.05) is 18.5 Å². The molecule has 0 bridgehead atoms. The van der Waals surface area contributed by atoms with Crippen molar-refractivity contribution >= 4 is 15.9 Å². The van der Waals surface area contributed by atoms with Gasteiger partial charge in [0.2, 0.25) is 6.29 Å². The first-order chi connectivity index (χ1) is 18.7. The molecule has 1 saturated heterocycles. The fourth-order valence-electron chi connectivity index (χ4n) is 4.34. The van der Waals surface area contributed by atoms with Crippen LogP contribution < -0.4 is 0 Å². The standard InChI is InChI=1S/C29H32BrNO7/c30-16-17-35-29-26(31(32)33)28(37-20-24-14-8-3-9-15-24)27(36-19-23-12-6-2-7-13-23)25(38-29)21-34-18-22-10-4-1-5-11-22/h1-15,25-29H,16-21H2/t25-,26-,27+,28-,29?/m1/s1. The van der Waals surface area contributed by atoms with E-state index in [1.54, 1.807) is 0 Å². The maximum absolute atomic E-state index is 12.3. The summed E-state index contributed by atoms with van der Waals surface area (Å²) in [5.41, 5.74) is 2.85. The van der Waals surface area contributed by atoms with Gasteiger partial charge >= 0.3 is 0 Å². The highest BCUT2D eigenvalue weighted by atomic mass is 79.9. The van der Waals surface area contributed by atoms with Crippen LogP contribution in [0.2, 0.25) is 0 Å². The van der Waals surface area contributed by atoms with Gasteiger partial charge in [-0.15, -0.1) is 0 Å². The molecule has 1 aliphatic heterocycles. The topological polar surface area (TPSA) is 89.3 Å². The normalized spacial score (nSPS) is 23.2. The van der Waals surface area contributed by atoms with Gasteiger partial charge in [-0.1, -0.05) is 107 Å². The van der Waals surface area contributed by atoms with Crippen molar-refractivity contribution in [1.29, 1.82) is 0 Å². The minimum Gasteiger partial charge on any atom is -0.374 e. The summed E-state index contributed by atoms with van der Waals surface area (Å²) >= 11 is 3.32. The Balaban J connectivity index is 1.58. The van der Waals surface area contributed by atoms with E-state index in [0.29, 0.717) is 11.9 Å². The number of halogens is 1. The molecule has 0 amide bonds. The van der Waals surface area contributed by atoms with Crippen LogP contribution in [0.25, 0.3) is 0 Å². The molecule has 202 valence electrons. The summed E-state index contributed by atoms with van der Waals surface area (Å²) in [4.78, 5) is 11.9. The van der Waals surface area contributed by atoms with Crippen LogP contribution in [0, 0.1) is 10.1 Å². The van der Waals surface area contributed by atoms with E-state index in [1.807, 2.05) is 91.0 Å². The predicted molar refractivity (Wildman–Crippen MR) is 145 cm³/mol. The highest BCUT2D eigenvalue weighted by molar-refractivity contribution is 9.09. The minimum absolute atomic E-state index is 0.151. The third-order valence-corrected chi connectivity index (χ3v) is 6.51. The number of hydrogen-bond acceptors (Lipinski definition) is 7. The van der Waals surface area contributed by atoms with Gasteiger partial charge in [0.1, 0.15) is 12.2 Å². The Labute approximate surface area is 231 Å². The number of nitro groups is 1. The van der Waals surface area contributed by atoms with Crippen molar-refractivity contribution in [3.8, 4) is 0 Å². The van der Waals surface area contributed by atoms with Gasteiger partial charge in [-0.05, 0) is 16.7 Å². The summed E-state index contributed by atoms with van der Waals surface area (Å²) < 4.78 is 30.5. The molecule has 3 aromatic rings. The Kier molecular flexibility index (Phi) is 11.2. The highest BCUT2D eigenvalue weighted by Gasteiger charge is 2.54. The molecule has 0 aliphatic carbocycles. The first-order valence-corrected chi connectivity index (χ1v) is 13.7. The Morgan fingerprint density at radius 1 is 0.737 bits per heavy atom. The Morgan fingerprint density at radius 2 is 1.24 bits per heavy atom. The molecule has 0 spiro atoms. The number of alkyl halides is 1. The average molecular weight is 586 g/mol. The molecular formula is C29H32BrNO7. The number of hydrogen-bond donors (Lipinski definition) is 0.